The van der Waals surface area contributed by atoms with Crippen molar-refractivity contribution in [3.05, 3.63) is 40.7 Å². The number of amides is 1. The Morgan fingerprint density at radius 3 is 2.92 bits per heavy atom. The Balaban J connectivity index is 1.62. The van der Waals surface area contributed by atoms with Crippen molar-refractivity contribution in [2.24, 2.45) is 5.92 Å². The molecule has 0 aliphatic carbocycles. The third-order valence-corrected chi connectivity index (χ3v) is 5.36. The molecular weight excluding hydrogens is 362 g/mol. The van der Waals surface area contributed by atoms with Crippen molar-refractivity contribution in [1.82, 2.24) is 15.3 Å². The van der Waals surface area contributed by atoms with Gasteiger partial charge in [-0.05, 0) is 6.42 Å². The molecule has 0 bridgehead atoms. The van der Waals surface area contributed by atoms with E-state index in [1.807, 2.05) is 11.8 Å². The molecule has 0 radical (unpaired) electrons. The van der Waals surface area contributed by atoms with Gasteiger partial charge in [-0.3, -0.25) is 14.6 Å². The van der Waals surface area contributed by atoms with Gasteiger partial charge in [0.1, 0.15) is 22.3 Å². The Labute approximate surface area is 153 Å². The van der Waals surface area contributed by atoms with Crippen LogP contribution in [0.2, 0.25) is 0 Å². The van der Waals surface area contributed by atoms with Crippen LogP contribution < -0.4 is 10.2 Å². The molecule has 1 aliphatic heterocycles. The fourth-order valence-electron chi connectivity index (χ4n) is 2.78. The van der Waals surface area contributed by atoms with Crippen molar-refractivity contribution in [1.29, 1.82) is 0 Å². The second kappa shape index (κ2) is 7.86. The van der Waals surface area contributed by atoms with Gasteiger partial charge in [0.05, 0.1) is 24.6 Å². The van der Waals surface area contributed by atoms with Gasteiger partial charge in [-0.25, -0.2) is 13.8 Å². The van der Waals surface area contributed by atoms with E-state index < -0.39 is 17.5 Å². The second-order valence-electron chi connectivity index (χ2n) is 6.04. The maximum absolute atomic E-state index is 13.6. The van der Waals surface area contributed by atoms with Crippen molar-refractivity contribution >= 4 is 28.2 Å². The highest BCUT2D eigenvalue weighted by Gasteiger charge is 2.27. The van der Waals surface area contributed by atoms with E-state index >= 15 is 0 Å². The molecule has 3 rings (SSSR count). The van der Waals surface area contributed by atoms with Gasteiger partial charge < -0.3 is 10.2 Å². The average Bonchev–Trinajstić information content (AvgIpc) is 3.11. The minimum Gasteiger partial charge on any atom is -0.347 e. The number of rotatable bonds is 5. The first kappa shape index (κ1) is 18.4. The summed E-state index contributed by atoms with van der Waals surface area (Å²) in [6.45, 7) is 3.03. The second-order valence-corrected chi connectivity index (χ2v) is 7.05. The summed E-state index contributed by atoms with van der Waals surface area (Å²) >= 11 is 1.22. The van der Waals surface area contributed by atoms with Crippen LogP contribution in [0.25, 0.3) is 0 Å². The summed E-state index contributed by atoms with van der Waals surface area (Å²) in [7, 11) is 0. The molecule has 1 saturated heterocycles. The van der Waals surface area contributed by atoms with Crippen LogP contribution in [0.1, 0.15) is 35.1 Å². The normalized spacial score (nSPS) is 17.4. The lowest BCUT2D eigenvalue weighted by molar-refractivity contribution is -0.123. The number of carbonyl (C=O) groups is 2. The van der Waals surface area contributed by atoms with E-state index in [9.17, 15) is 18.4 Å². The molecular formula is C17H18F2N4O2S. The Bertz CT molecular complexity index is 827. The lowest BCUT2D eigenvalue weighted by atomic mass is 9.94. The molecule has 1 aliphatic rings. The van der Waals surface area contributed by atoms with E-state index in [0.29, 0.717) is 29.5 Å². The summed E-state index contributed by atoms with van der Waals surface area (Å²) in [5.41, 5.74) is -0.0372. The molecule has 0 unspecified atom stereocenters. The fourth-order valence-corrected chi connectivity index (χ4v) is 3.65. The Morgan fingerprint density at radius 2 is 2.19 bits per heavy atom. The number of piperidine rings is 1. The standard InChI is InChI=1S/C17H18F2N4O2S/c1-2-10-9-23(4-3-14(10)24)17-22-8-15(26-17)16(25)21-7-13-12(19)5-11(18)6-20-13/h5-6,8,10H,2-4,7,9H2,1H3,(H,21,25)/t10-/m1/s1. The van der Waals surface area contributed by atoms with Crippen LogP contribution in [0.4, 0.5) is 13.9 Å². The number of pyridine rings is 1. The van der Waals surface area contributed by atoms with E-state index in [1.54, 1.807) is 0 Å². The number of ketones is 1. The van der Waals surface area contributed by atoms with Crippen LogP contribution in [0.5, 0.6) is 0 Å². The number of carbonyl (C=O) groups excluding carboxylic acids is 2. The zero-order chi connectivity index (χ0) is 18.7. The number of thiazole rings is 1. The Hall–Kier alpha value is -2.42. The van der Waals surface area contributed by atoms with Crippen LogP contribution in [0, 0.1) is 17.6 Å². The number of aromatic nitrogens is 2. The number of anilines is 1. The van der Waals surface area contributed by atoms with E-state index in [2.05, 4.69) is 15.3 Å². The molecule has 3 heterocycles. The van der Waals surface area contributed by atoms with E-state index in [0.717, 1.165) is 18.7 Å². The summed E-state index contributed by atoms with van der Waals surface area (Å²) in [4.78, 5) is 34.3. The predicted molar refractivity (Wildman–Crippen MR) is 93.1 cm³/mol. The molecule has 138 valence electrons. The molecule has 1 atom stereocenters. The topological polar surface area (TPSA) is 75.2 Å². The van der Waals surface area contributed by atoms with Crippen LogP contribution >= 0.6 is 11.3 Å². The van der Waals surface area contributed by atoms with Crippen molar-refractivity contribution in [3.8, 4) is 0 Å². The Kier molecular flexibility index (Phi) is 5.55. The molecule has 1 N–H and O–H groups in total. The summed E-state index contributed by atoms with van der Waals surface area (Å²) in [5, 5.41) is 3.24. The molecule has 2 aromatic rings. The number of nitrogens with one attached hydrogen (secondary N) is 1. The largest absolute Gasteiger partial charge is 0.347 e. The number of halogens is 2. The Morgan fingerprint density at radius 1 is 1.38 bits per heavy atom. The SMILES string of the molecule is CC[C@@H]1CN(c2ncc(C(=O)NCc3ncc(F)cc3F)s2)CCC1=O. The number of Topliss-reactive ketones (excluding diaryl/α,β-unsaturated/α-hetero) is 1. The van der Waals surface area contributed by atoms with Gasteiger partial charge >= 0.3 is 0 Å². The van der Waals surface area contributed by atoms with E-state index in [-0.39, 0.29) is 23.9 Å². The maximum atomic E-state index is 13.6. The van der Waals surface area contributed by atoms with Crippen LogP contribution in [-0.4, -0.2) is 34.7 Å². The zero-order valence-electron chi connectivity index (χ0n) is 14.2. The zero-order valence-corrected chi connectivity index (χ0v) is 15.0. The molecule has 0 aromatic carbocycles. The third-order valence-electron chi connectivity index (χ3n) is 4.31. The van der Waals surface area contributed by atoms with Gasteiger partial charge in [-0.1, -0.05) is 18.3 Å². The quantitative estimate of drug-likeness (QED) is 0.863. The van der Waals surface area contributed by atoms with Crippen LogP contribution in [0.3, 0.4) is 0 Å². The minimum atomic E-state index is -0.807. The van der Waals surface area contributed by atoms with Gasteiger partial charge in [-0.15, -0.1) is 0 Å². The van der Waals surface area contributed by atoms with E-state index in [1.165, 1.54) is 17.5 Å². The monoisotopic (exact) mass is 380 g/mol. The number of hydrogen-bond acceptors (Lipinski definition) is 6. The third kappa shape index (κ3) is 4.04. The van der Waals surface area contributed by atoms with Gasteiger partial charge in [0.2, 0.25) is 0 Å². The highest BCUT2D eigenvalue weighted by Crippen LogP contribution is 2.27. The highest BCUT2D eigenvalue weighted by atomic mass is 32.1. The number of nitrogens with zero attached hydrogens (tertiary/aromatic N) is 3. The highest BCUT2D eigenvalue weighted by molar-refractivity contribution is 7.17. The smallest absolute Gasteiger partial charge is 0.263 e. The first-order valence-corrected chi connectivity index (χ1v) is 9.11. The molecule has 0 spiro atoms. The van der Waals surface area contributed by atoms with Gasteiger partial charge in [0.15, 0.2) is 5.13 Å². The predicted octanol–water partition coefficient (Wildman–Crippen LogP) is 2.55. The molecule has 9 heteroatoms. The fraction of sp³-hybridized carbons (Fsp3) is 0.412. The van der Waals surface area contributed by atoms with Crippen molar-refractivity contribution in [2.75, 3.05) is 18.0 Å². The summed E-state index contributed by atoms with van der Waals surface area (Å²) in [6, 6.07) is 0.723. The van der Waals surface area contributed by atoms with Gasteiger partial charge in [0, 0.05) is 31.5 Å². The minimum absolute atomic E-state index is 0.00236. The molecule has 0 saturated carbocycles. The first-order valence-electron chi connectivity index (χ1n) is 8.29. The van der Waals surface area contributed by atoms with Crippen LogP contribution in [-0.2, 0) is 11.3 Å². The summed E-state index contributed by atoms with van der Waals surface area (Å²) < 4.78 is 26.4. The number of hydrogen-bond donors (Lipinski definition) is 1. The van der Waals surface area contributed by atoms with Crippen LogP contribution in [0.15, 0.2) is 18.5 Å². The lowest BCUT2D eigenvalue weighted by Gasteiger charge is -2.30. The average molecular weight is 380 g/mol. The van der Waals surface area contributed by atoms with Crippen molar-refractivity contribution in [3.63, 3.8) is 0 Å². The summed E-state index contributed by atoms with van der Waals surface area (Å²) in [5.74, 6) is -1.71. The van der Waals surface area contributed by atoms with E-state index in [4.69, 9.17) is 0 Å². The lowest BCUT2D eigenvalue weighted by Crippen LogP contribution is -2.40. The molecule has 1 amide bonds. The molecule has 1 fully saturated rings. The molecule has 6 nitrogen and oxygen atoms in total. The summed E-state index contributed by atoms with van der Waals surface area (Å²) in [6.07, 6.45) is 3.62. The van der Waals surface area contributed by atoms with Crippen molar-refractivity contribution < 1.29 is 18.4 Å². The van der Waals surface area contributed by atoms with Crippen molar-refractivity contribution in [2.45, 2.75) is 26.3 Å². The van der Waals surface area contributed by atoms with Gasteiger partial charge in [-0.2, -0.15) is 0 Å². The first-order chi connectivity index (χ1) is 12.5. The molecule has 2 aromatic heterocycles. The maximum Gasteiger partial charge on any atom is 0.263 e. The molecule has 26 heavy (non-hydrogen) atoms. The van der Waals surface area contributed by atoms with Gasteiger partial charge in [0.25, 0.3) is 5.91 Å².